The number of anilines is 1. The highest BCUT2D eigenvalue weighted by Gasteiger charge is 2.29. The minimum Gasteiger partial charge on any atom is -0.497 e. The fourth-order valence-electron chi connectivity index (χ4n) is 2.13. The second-order valence-corrected chi connectivity index (χ2v) is 5.19. The van der Waals surface area contributed by atoms with E-state index < -0.39 is 0 Å². The minimum atomic E-state index is -0.178. The molecule has 1 aromatic rings. The minimum absolute atomic E-state index is 0.0214. The van der Waals surface area contributed by atoms with Gasteiger partial charge in [-0.15, -0.1) is 0 Å². The molecule has 0 radical (unpaired) electrons. The Kier molecular flexibility index (Phi) is 4.73. The summed E-state index contributed by atoms with van der Waals surface area (Å²) in [7, 11) is 1.57. The second kappa shape index (κ2) is 6.33. The lowest BCUT2D eigenvalue weighted by molar-refractivity contribution is -0.0355. The molecule has 0 bridgehead atoms. The van der Waals surface area contributed by atoms with Gasteiger partial charge in [0.25, 0.3) is 0 Å². The van der Waals surface area contributed by atoms with Crippen molar-refractivity contribution in [2.24, 2.45) is 0 Å². The molecule has 0 spiro atoms. The van der Waals surface area contributed by atoms with Crippen molar-refractivity contribution in [3.8, 4) is 5.75 Å². The van der Waals surface area contributed by atoms with Gasteiger partial charge in [0.1, 0.15) is 5.75 Å². The summed E-state index contributed by atoms with van der Waals surface area (Å²) in [5, 5.41) is 3.30. The Morgan fingerprint density at radius 3 is 2.95 bits per heavy atom. The summed E-state index contributed by atoms with van der Waals surface area (Å²) < 4.78 is 10.6. The van der Waals surface area contributed by atoms with Gasteiger partial charge in [-0.1, -0.05) is 11.6 Å². The maximum atomic E-state index is 12.3. The third-order valence-electron chi connectivity index (χ3n) is 3.56. The highest BCUT2D eigenvalue weighted by molar-refractivity contribution is 6.33. The van der Waals surface area contributed by atoms with Crippen molar-refractivity contribution >= 4 is 23.3 Å². The molecule has 0 aliphatic carbocycles. The van der Waals surface area contributed by atoms with Crippen LogP contribution in [0.15, 0.2) is 18.2 Å². The molecule has 1 heterocycles. The van der Waals surface area contributed by atoms with Gasteiger partial charge >= 0.3 is 6.03 Å². The molecular formula is C14H19ClN2O3. The van der Waals surface area contributed by atoms with Gasteiger partial charge in [0, 0.05) is 12.6 Å². The smallest absolute Gasteiger partial charge is 0.322 e. The zero-order chi connectivity index (χ0) is 14.7. The van der Waals surface area contributed by atoms with Crippen LogP contribution in [-0.4, -0.2) is 43.3 Å². The van der Waals surface area contributed by atoms with E-state index in [9.17, 15) is 4.79 Å². The summed E-state index contributed by atoms with van der Waals surface area (Å²) in [4.78, 5) is 14.1. The predicted molar refractivity (Wildman–Crippen MR) is 78.6 cm³/mol. The standard InChI is InChI=1S/C14H19ClN2O3/c1-9-10(2)20-7-6-17(9)14(18)16-13-8-11(19-3)4-5-12(13)15/h4-5,8-10H,6-7H2,1-3H3,(H,16,18)/t9-,10-/m1/s1. The molecule has 6 heteroatoms. The number of ether oxygens (including phenoxy) is 2. The average molecular weight is 299 g/mol. The van der Waals surface area contributed by atoms with E-state index in [1.807, 2.05) is 13.8 Å². The van der Waals surface area contributed by atoms with Crippen LogP contribution in [0, 0.1) is 0 Å². The zero-order valence-electron chi connectivity index (χ0n) is 11.9. The third-order valence-corrected chi connectivity index (χ3v) is 3.89. The van der Waals surface area contributed by atoms with Gasteiger partial charge in [-0.3, -0.25) is 0 Å². The van der Waals surface area contributed by atoms with Crippen molar-refractivity contribution < 1.29 is 14.3 Å². The normalized spacial score (nSPS) is 22.5. The molecule has 2 amide bonds. The van der Waals surface area contributed by atoms with Crippen molar-refractivity contribution in [2.45, 2.75) is 26.0 Å². The maximum absolute atomic E-state index is 12.3. The van der Waals surface area contributed by atoms with Crippen LogP contribution in [0.5, 0.6) is 5.75 Å². The first-order valence-corrected chi connectivity index (χ1v) is 6.93. The van der Waals surface area contributed by atoms with Crippen molar-refractivity contribution in [2.75, 3.05) is 25.6 Å². The van der Waals surface area contributed by atoms with Gasteiger partial charge in [0.2, 0.25) is 0 Å². The number of carbonyl (C=O) groups excluding carboxylic acids is 1. The van der Waals surface area contributed by atoms with E-state index in [0.29, 0.717) is 29.6 Å². The van der Waals surface area contributed by atoms with Crippen LogP contribution in [0.3, 0.4) is 0 Å². The van der Waals surface area contributed by atoms with Gasteiger partial charge in [0.05, 0.1) is 36.6 Å². The molecule has 1 aliphatic rings. The van der Waals surface area contributed by atoms with Crippen LogP contribution < -0.4 is 10.1 Å². The molecule has 0 aromatic heterocycles. The number of carbonyl (C=O) groups is 1. The Morgan fingerprint density at radius 2 is 2.25 bits per heavy atom. The molecule has 1 N–H and O–H groups in total. The average Bonchev–Trinajstić information content (AvgIpc) is 2.44. The first kappa shape index (κ1) is 14.9. The van der Waals surface area contributed by atoms with Crippen LogP contribution in [0.25, 0.3) is 0 Å². The summed E-state index contributed by atoms with van der Waals surface area (Å²) in [6, 6.07) is 4.99. The topological polar surface area (TPSA) is 50.8 Å². The van der Waals surface area contributed by atoms with Gasteiger partial charge in [0.15, 0.2) is 0 Å². The third kappa shape index (κ3) is 3.16. The number of hydrogen-bond acceptors (Lipinski definition) is 3. The zero-order valence-corrected chi connectivity index (χ0v) is 12.6. The summed E-state index contributed by atoms with van der Waals surface area (Å²) in [6.45, 7) is 5.04. The Hall–Kier alpha value is -1.46. The molecule has 5 nitrogen and oxygen atoms in total. The molecule has 1 saturated heterocycles. The molecule has 110 valence electrons. The Labute approximate surface area is 123 Å². The number of amides is 2. The Balaban J connectivity index is 2.11. The molecule has 1 fully saturated rings. The van der Waals surface area contributed by atoms with E-state index in [1.54, 1.807) is 30.2 Å². The summed E-state index contributed by atoms with van der Waals surface area (Å²) in [5.74, 6) is 0.646. The monoisotopic (exact) mass is 298 g/mol. The van der Waals surface area contributed by atoms with Gasteiger partial charge in [-0.25, -0.2) is 4.79 Å². The fourth-order valence-corrected chi connectivity index (χ4v) is 2.30. The molecule has 1 aromatic carbocycles. The lowest BCUT2D eigenvalue weighted by Crippen LogP contribution is -2.52. The van der Waals surface area contributed by atoms with E-state index in [2.05, 4.69) is 5.32 Å². The lowest BCUT2D eigenvalue weighted by Gasteiger charge is -2.37. The van der Waals surface area contributed by atoms with Crippen molar-refractivity contribution in [1.29, 1.82) is 0 Å². The number of nitrogens with zero attached hydrogens (tertiary/aromatic N) is 1. The van der Waals surface area contributed by atoms with Crippen molar-refractivity contribution in [3.05, 3.63) is 23.2 Å². The molecule has 0 saturated carbocycles. The van der Waals surface area contributed by atoms with Gasteiger partial charge in [-0.05, 0) is 26.0 Å². The SMILES string of the molecule is COc1ccc(Cl)c(NC(=O)N2CCO[C@H](C)[C@H]2C)c1. The highest BCUT2D eigenvalue weighted by Crippen LogP contribution is 2.27. The van der Waals surface area contributed by atoms with E-state index in [0.717, 1.165) is 0 Å². The van der Waals surface area contributed by atoms with Crippen LogP contribution in [-0.2, 0) is 4.74 Å². The summed E-state index contributed by atoms with van der Waals surface area (Å²) in [6.07, 6.45) is 0.0234. The van der Waals surface area contributed by atoms with Crippen molar-refractivity contribution in [1.82, 2.24) is 4.90 Å². The number of hydrogen-bond donors (Lipinski definition) is 1. The summed E-state index contributed by atoms with van der Waals surface area (Å²) >= 11 is 6.09. The summed E-state index contributed by atoms with van der Waals surface area (Å²) in [5.41, 5.74) is 0.544. The number of halogens is 1. The molecule has 0 unspecified atom stereocenters. The number of methoxy groups -OCH3 is 1. The number of rotatable bonds is 2. The van der Waals surface area contributed by atoms with E-state index in [4.69, 9.17) is 21.1 Å². The van der Waals surface area contributed by atoms with E-state index in [-0.39, 0.29) is 18.2 Å². The van der Waals surface area contributed by atoms with E-state index in [1.165, 1.54) is 0 Å². The quantitative estimate of drug-likeness (QED) is 0.913. The second-order valence-electron chi connectivity index (χ2n) is 4.79. The van der Waals surface area contributed by atoms with Crippen LogP contribution in [0.2, 0.25) is 5.02 Å². The molecule has 2 rings (SSSR count). The first-order chi connectivity index (χ1) is 9.52. The van der Waals surface area contributed by atoms with Gasteiger partial charge in [-0.2, -0.15) is 0 Å². The van der Waals surface area contributed by atoms with Crippen LogP contribution in [0.1, 0.15) is 13.8 Å². The molecule has 1 aliphatic heterocycles. The molecular weight excluding hydrogens is 280 g/mol. The maximum Gasteiger partial charge on any atom is 0.322 e. The van der Waals surface area contributed by atoms with Crippen molar-refractivity contribution in [3.63, 3.8) is 0 Å². The van der Waals surface area contributed by atoms with E-state index >= 15 is 0 Å². The Bertz CT molecular complexity index is 495. The largest absolute Gasteiger partial charge is 0.497 e. The Morgan fingerprint density at radius 1 is 1.50 bits per heavy atom. The fraction of sp³-hybridized carbons (Fsp3) is 0.500. The van der Waals surface area contributed by atoms with Crippen LogP contribution in [0.4, 0.5) is 10.5 Å². The number of nitrogens with one attached hydrogen (secondary N) is 1. The number of urea groups is 1. The molecule has 20 heavy (non-hydrogen) atoms. The lowest BCUT2D eigenvalue weighted by atomic mass is 10.1. The highest BCUT2D eigenvalue weighted by atomic mass is 35.5. The number of morpholine rings is 1. The number of benzene rings is 1. The van der Waals surface area contributed by atoms with Crippen LogP contribution >= 0.6 is 11.6 Å². The predicted octanol–water partition coefficient (Wildman–Crippen LogP) is 2.99. The molecule has 2 atom stereocenters. The first-order valence-electron chi connectivity index (χ1n) is 6.55. The van der Waals surface area contributed by atoms with Gasteiger partial charge < -0.3 is 19.7 Å².